The van der Waals surface area contributed by atoms with Crippen LogP contribution in [0.4, 0.5) is 26.3 Å². The average Bonchev–Trinajstić information content (AvgIpc) is 2.97. The van der Waals surface area contributed by atoms with Crippen LogP contribution in [-0.2, 0) is 12.6 Å². The average molecular weight is 376 g/mol. The number of alkyl halides is 6. The topological polar surface area (TPSA) is 52.3 Å². The molecule has 0 bridgehead atoms. The SMILES string of the molecule is CCc1cc(-c2ccc3nnc(C(F)(F)F)n3n2)ccc1OC(F)(F)F. The van der Waals surface area contributed by atoms with Gasteiger partial charge in [0.05, 0.1) is 5.69 Å². The van der Waals surface area contributed by atoms with Crippen molar-refractivity contribution in [2.24, 2.45) is 0 Å². The van der Waals surface area contributed by atoms with Gasteiger partial charge in [0.2, 0.25) is 0 Å². The van der Waals surface area contributed by atoms with Crippen molar-refractivity contribution in [3.8, 4) is 17.0 Å². The number of hydrogen-bond acceptors (Lipinski definition) is 4. The summed E-state index contributed by atoms with van der Waals surface area (Å²) in [6, 6.07) is 6.46. The van der Waals surface area contributed by atoms with Crippen molar-refractivity contribution in [2.45, 2.75) is 25.9 Å². The van der Waals surface area contributed by atoms with E-state index in [2.05, 4.69) is 20.0 Å². The second-order valence-corrected chi connectivity index (χ2v) is 5.23. The quantitative estimate of drug-likeness (QED) is 0.641. The molecule has 0 aliphatic heterocycles. The Morgan fingerprint density at radius 1 is 1.00 bits per heavy atom. The maximum absolute atomic E-state index is 12.9. The van der Waals surface area contributed by atoms with Crippen molar-refractivity contribution in [1.82, 2.24) is 19.8 Å². The predicted molar refractivity (Wildman–Crippen MR) is 77.3 cm³/mol. The Labute approximate surface area is 142 Å². The molecule has 3 aromatic rings. The number of benzene rings is 1. The van der Waals surface area contributed by atoms with E-state index >= 15 is 0 Å². The standard InChI is InChI=1S/C15H10F6N4O/c1-2-8-7-9(3-5-11(8)26-15(19,20)21)10-4-6-12-22-23-13(14(16,17)18)25(12)24-10/h3-7H,2H2,1H3. The second-order valence-electron chi connectivity index (χ2n) is 5.23. The van der Waals surface area contributed by atoms with Gasteiger partial charge in [-0.3, -0.25) is 0 Å². The summed E-state index contributed by atoms with van der Waals surface area (Å²) >= 11 is 0. The van der Waals surface area contributed by atoms with Crippen LogP contribution in [0, 0.1) is 0 Å². The molecule has 5 nitrogen and oxygen atoms in total. The molecule has 0 atom stereocenters. The van der Waals surface area contributed by atoms with E-state index in [1.54, 1.807) is 6.92 Å². The zero-order valence-corrected chi connectivity index (χ0v) is 13.1. The van der Waals surface area contributed by atoms with E-state index in [0.29, 0.717) is 10.1 Å². The summed E-state index contributed by atoms with van der Waals surface area (Å²) in [5.41, 5.74) is 0.589. The van der Waals surface area contributed by atoms with Gasteiger partial charge in [0, 0.05) is 5.56 Å². The van der Waals surface area contributed by atoms with E-state index in [-0.39, 0.29) is 29.1 Å². The lowest BCUT2D eigenvalue weighted by Crippen LogP contribution is -2.18. The molecule has 0 unspecified atom stereocenters. The molecule has 0 saturated heterocycles. The molecule has 3 rings (SSSR count). The first-order valence-electron chi connectivity index (χ1n) is 7.27. The van der Waals surface area contributed by atoms with Gasteiger partial charge in [-0.05, 0) is 42.3 Å². The third-order valence-electron chi connectivity index (χ3n) is 3.48. The molecule has 0 aliphatic carbocycles. The van der Waals surface area contributed by atoms with Gasteiger partial charge in [-0.1, -0.05) is 6.92 Å². The van der Waals surface area contributed by atoms with E-state index in [1.807, 2.05) is 0 Å². The molecule has 26 heavy (non-hydrogen) atoms. The van der Waals surface area contributed by atoms with Gasteiger partial charge in [-0.25, -0.2) is 0 Å². The van der Waals surface area contributed by atoms with E-state index in [4.69, 9.17) is 0 Å². The molecule has 1 aromatic carbocycles. The van der Waals surface area contributed by atoms with Crippen LogP contribution in [0.15, 0.2) is 30.3 Å². The Morgan fingerprint density at radius 3 is 2.35 bits per heavy atom. The number of aryl methyl sites for hydroxylation is 1. The second kappa shape index (κ2) is 6.15. The van der Waals surface area contributed by atoms with E-state index in [9.17, 15) is 26.3 Å². The first kappa shape index (κ1) is 18.0. The molecule has 0 N–H and O–H groups in total. The molecule has 0 saturated carbocycles. The highest BCUT2D eigenvalue weighted by Crippen LogP contribution is 2.31. The van der Waals surface area contributed by atoms with Crippen LogP contribution in [0.25, 0.3) is 16.9 Å². The van der Waals surface area contributed by atoms with Crippen molar-refractivity contribution in [3.63, 3.8) is 0 Å². The summed E-state index contributed by atoms with van der Waals surface area (Å²) < 4.78 is 80.5. The normalized spacial score (nSPS) is 12.6. The van der Waals surface area contributed by atoms with Crippen LogP contribution in [0.5, 0.6) is 5.75 Å². The van der Waals surface area contributed by atoms with Gasteiger partial charge >= 0.3 is 12.5 Å². The minimum Gasteiger partial charge on any atom is -0.406 e. The van der Waals surface area contributed by atoms with Gasteiger partial charge in [-0.2, -0.15) is 22.8 Å². The number of rotatable bonds is 3. The van der Waals surface area contributed by atoms with Gasteiger partial charge in [0.25, 0.3) is 5.82 Å². The van der Waals surface area contributed by atoms with Gasteiger partial charge < -0.3 is 4.74 Å². The zero-order valence-electron chi connectivity index (χ0n) is 13.1. The predicted octanol–water partition coefficient (Wildman–Crippen LogP) is 4.27. The van der Waals surface area contributed by atoms with Crippen molar-refractivity contribution < 1.29 is 31.1 Å². The molecule has 0 amide bonds. The number of halogens is 6. The molecule has 11 heteroatoms. The van der Waals surface area contributed by atoms with Crippen LogP contribution in [-0.4, -0.2) is 26.2 Å². The van der Waals surface area contributed by atoms with E-state index < -0.39 is 18.4 Å². The Morgan fingerprint density at radius 2 is 1.73 bits per heavy atom. The molecule has 0 aliphatic rings. The number of nitrogens with zero attached hydrogens (tertiary/aromatic N) is 4. The van der Waals surface area contributed by atoms with Crippen molar-refractivity contribution in [1.29, 1.82) is 0 Å². The molecule has 0 fully saturated rings. The lowest BCUT2D eigenvalue weighted by Gasteiger charge is -2.13. The van der Waals surface area contributed by atoms with Crippen LogP contribution in [0.2, 0.25) is 0 Å². The summed E-state index contributed by atoms with van der Waals surface area (Å²) in [4.78, 5) is 0. The maximum atomic E-state index is 12.9. The monoisotopic (exact) mass is 376 g/mol. The number of ether oxygens (including phenoxy) is 1. The van der Waals surface area contributed by atoms with Gasteiger partial charge in [-0.15, -0.1) is 23.4 Å². The van der Waals surface area contributed by atoms with Gasteiger partial charge in [0.1, 0.15) is 5.75 Å². The first-order valence-corrected chi connectivity index (χ1v) is 7.27. The number of hydrogen-bond donors (Lipinski definition) is 0. The Bertz CT molecular complexity index is 947. The van der Waals surface area contributed by atoms with Crippen LogP contribution >= 0.6 is 0 Å². The third kappa shape index (κ3) is 3.55. The molecule has 2 aromatic heterocycles. The fourth-order valence-corrected chi connectivity index (χ4v) is 2.36. The fraction of sp³-hybridized carbons (Fsp3) is 0.267. The molecule has 0 radical (unpaired) electrons. The molecular formula is C15H10F6N4O. The smallest absolute Gasteiger partial charge is 0.406 e. The van der Waals surface area contributed by atoms with Crippen LogP contribution in [0.1, 0.15) is 18.3 Å². The summed E-state index contributed by atoms with van der Waals surface area (Å²) in [6.07, 6.45) is -9.36. The van der Waals surface area contributed by atoms with Gasteiger partial charge in [0.15, 0.2) is 5.65 Å². The Balaban J connectivity index is 2.06. The van der Waals surface area contributed by atoms with E-state index in [1.165, 1.54) is 24.3 Å². The zero-order chi connectivity index (χ0) is 19.1. The summed E-state index contributed by atoms with van der Waals surface area (Å²) in [6.45, 7) is 1.63. The Hall–Kier alpha value is -2.85. The highest BCUT2D eigenvalue weighted by atomic mass is 19.4. The van der Waals surface area contributed by atoms with Crippen molar-refractivity contribution in [2.75, 3.05) is 0 Å². The number of fused-ring (bicyclic) bond motifs is 1. The fourth-order valence-electron chi connectivity index (χ4n) is 2.36. The summed E-state index contributed by atoms with van der Waals surface area (Å²) in [7, 11) is 0. The maximum Gasteiger partial charge on any atom is 0.573 e. The van der Waals surface area contributed by atoms with Crippen molar-refractivity contribution >= 4 is 5.65 Å². The molecular weight excluding hydrogens is 366 g/mol. The highest BCUT2D eigenvalue weighted by Gasteiger charge is 2.37. The largest absolute Gasteiger partial charge is 0.573 e. The molecule has 0 spiro atoms. The third-order valence-corrected chi connectivity index (χ3v) is 3.48. The van der Waals surface area contributed by atoms with Crippen LogP contribution in [0.3, 0.4) is 0 Å². The lowest BCUT2D eigenvalue weighted by molar-refractivity contribution is -0.274. The highest BCUT2D eigenvalue weighted by molar-refractivity contribution is 5.63. The summed E-state index contributed by atoms with van der Waals surface area (Å²) in [5, 5.41) is 10.3. The van der Waals surface area contributed by atoms with Crippen LogP contribution < -0.4 is 4.74 Å². The first-order chi connectivity index (χ1) is 12.1. The van der Waals surface area contributed by atoms with E-state index in [0.717, 1.165) is 6.07 Å². The Kier molecular flexibility index (Phi) is 4.24. The molecule has 2 heterocycles. The molecule has 138 valence electrons. The lowest BCUT2D eigenvalue weighted by atomic mass is 10.1. The minimum absolute atomic E-state index is 0.103. The summed E-state index contributed by atoms with van der Waals surface area (Å²) in [5.74, 6) is -1.66. The van der Waals surface area contributed by atoms with Crippen molar-refractivity contribution in [3.05, 3.63) is 41.7 Å². The number of aromatic nitrogens is 4. The minimum atomic E-state index is -4.84.